The number of carboxylic acid groups (broad SMARTS) is 1. The van der Waals surface area contributed by atoms with Gasteiger partial charge in [0.1, 0.15) is 0 Å². The molecule has 0 aliphatic heterocycles. The molecule has 0 bridgehead atoms. The maximum Gasteiger partial charge on any atom is 0.331 e. The van der Waals surface area contributed by atoms with E-state index in [9.17, 15) is 9.59 Å². The van der Waals surface area contributed by atoms with E-state index in [2.05, 4.69) is 0 Å². The van der Waals surface area contributed by atoms with Crippen molar-refractivity contribution in [2.24, 2.45) is 11.7 Å². The van der Waals surface area contributed by atoms with Crippen molar-refractivity contribution >= 4 is 11.8 Å². The van der Waals surface area contributed by atoms with Crippen molar-refractivity contribution in [3.8, 4) is 0 Å². The Morgan fingerprint density at radius 3 is 2.14 bits per heavy atom. The lowest BCUT2D eigenvalue weighted by molar-refractivity contribution is -0.151. The highest BCUT2D eigenvalue weighted by atomic mass is 16.4. The summed E-state index contributed by atoms with van der Waals surface area (Å²) < 4.78 is 0. The third-order valence-corrected chi connectivity index (χ3v) is 3.19. The average Bonchev–Trinajstić information content (AvgIpc) is 2.17. The largest absolute Gasteiger partial charge is 0.480 e. The minimum absolute atomic E-state index is 0.189. The predicted molar refractivity (Wildman–Crippen MR) is 51.8 cm³/mol. The first kappa shape index (κ1) is 11.2. The Balaban J connectivity index is 2.86. The van der Waals surface area contributed by atoms with Crippen LogP contribution in [0, 0.1) is 5.92 Å². The number of hydrogen-bond donors (Lipinski definition) is 2. The number of rotatable bonds is 3. The molecule has 80 valence electrons. The number of hydrogen-bond acceptors (Lipinski definition) is 3. The van der Waals surface area contributed by atoms with Gasteiger partial charge in [-0.05, 0) is 25.7 Å². The van der Waals surface area contributed by atoms with E-state index in [0.29, 0.717) is 0 Å². The molecule has 1 fully saturated rings. The number of carbonyl (C=O) groups excluding carboxylic acids is 1. The lowest BCUT2D eigenvalue weighted by Crippen LogP contribution is -2.59. The van der Waals surface area contributed by atoms with Crippen LogP contribution in [0.5, 0.6) is 0 Å². The van der Waals surface area contributed by atoms with E-state index in [-0.39, 0.29) is 5.92 Å². The summed E-state index contributed by atoms with van der Waals surface area (Å²) in [6.45, 7) is 1.27. The molecule has 3 N–H and O–H groups in total. The molecule has 0 aromatic rings. The number of carbonyl (C=O) groups is 2. The van der Waals surface area contributed by atoms with Crippen molar-refractivity contribution in [3.05, 3.63) is 0 Å². The van der Waals surface area contributed by atoms with Gasteiger partial charge < -0.3 is 10.8 Å². The smallest absolute Gasteiger partial charge is 0.331 e. The second kappa shape index (κ2) is 4.09. The van der Waals surface area contributed by atoms with Crippen molar-refractivity contribution in [2.75, 3.05) is 0 Å². The van der Waals surface area contributed by atoms with E-state index in [1.807, 2.05) is 0 Å². The molecule has 14 heavy (non-hydrogen) atoms. The molecule has 0 amide bonds. The average molecular weight is 199 g/mol. The van der Waals surface area contributed by atoms with Crippen LogP contribution in [0.3, 0.4) is 0 Å². The predicted octanol–water partition coefficient (Wildman–Crippen LogP) is 0.938. The molecule has 1 atom stereocenters. The van der Waals surface area contributed by atoms with Crippen LogP contribution in [0.2, 0.25) is 0 Å². The molecule has 1 saturated carbocycles. The molecule has 0 heterocycles. The summed E-state index contributed by atoms with van der Waals surface area (Å²) in [6, 6.07) is 0. The Labute approximate surface area is 83.5 Å². The lowest BCUT2D eigenvalue weighted by Gasteiger charge is -2.33. The topological polar surface area (TPSA) is 80.4 Å². The molecule has 1 rings (SSSR count). The highest BCUT2D eigenvalue weighted by Gasteiger charge is 2.46. The summed E-state index contributed by atoms with van der Waals surface area (Å²) in [6.07, 6.45) is 4.57. The van der Waals surface area contributed by atoms with Gasteiger partial charge in [-0.3, -0.25) is 4.79 Å². The second-order valence-electron chi connectivity index (χ2n) is 4.07. The summed E-state index contributed by atoms with van der Waals surface area (Å²) in [5.74, 6) is -1.81. The summed E-state index contributed by atoms with van der Waals surface area (Å²) in [5, 5.41) is 9.01. The molecular weight excluding hydrogens is 182 g/mol. The molecule has 1 aliphatic carbocycles. The molecule has 0 saturated heterocycles. The number of aliphatic carboxylic acids is 1. The Hall–Kier alpha value is -0.900. The van der Waals surface area contributed by atoms with Gasteiger partial charge in [0.15, 0.2) is 11.3 Å². The van der Waals surface area contributed by atoms with Gasteiger partial charge in [0.05, 0.1) is 0 Å². The van der Waals surface area contributed by atoms with E-state index in [1.165, 1.54) is 6.92 Å². The zero-order valence-electron chi connectivity index (χ0n) is 8.45. The SMILES string of the molecule is CC(=O)C(N)(C(=O)O)C1CCCCC1. The Bertz CT molecular complexity index is 230. The van der Waals surface area contributed by atoms with E-state index in [0.717, 1.165) is 32.1 Å². The fraction of sp³-hybridized carbons (Fsp3) is 0.800. The van der Waals surface area contributed by atoms with Crippen molar-refractivity contribution in [2.45, 2.75) is 44.6 Å². The molecule has 4 heteroatoms. The van der Waals surface area contributed by atoms with Crippen LogP contribution >= 0.6 is 0 Å². The van der Waals surface area contributed by atoms with Crippen LogP contribution in [-0.4, -0.2) is 22.4 Å². The molecule has 0 aromatic carbocycles. The summed E-state index contributed by atoms with van der Waals surface area (Å²) in [7, 11) is 0. The monoisotopic (exact) mass is 199 g/mol. The van der Waals surface area contributed by atoms with Gasteiger partial charge in [-0.2, -0.15) is 0 Å². The van der Waals surface area contributed by atoms with Gasteiger partial charge in [0.25, 0.3) is 0 Å². The minimum atomic E-state index is -1.65. The summed E-state index contributed by atoms with van der Waals surface area (Å²) in [5.41, 5.74) is 4.06. The van der Waals surface area contributed by atoms with Gasteiger partial charge in [0.2, 0.25) is 0 Å². The number of carboxylic acids is 1. The van der Waals surface area contributed by atoms with Crippen molar-refractivity contribution in [3.63, 3.8) is 0 Å². The maximum absolute atomic E-state index is 11.3. The molecule has 1 unspecified atom stereocenters. The normalized spacial score (nSPS) is 22.7. The third kappa shape index (κ3) is 1.80. The Morgan fingerprint density at radius 2 is 1.79 bits per heavy atom. The summed E-state index contributed by atoms with van der Waals surface area (Å²) in [4.78, 5) is 22.3. The first-order valence-electron chi connectivity index (χ1n) is 5.03. The van der Waals surface area contributed by atoms with Crippen LogP contribution in [0.4, 0.5) is 0 Å². The third-order valence-electron chi connectivity index (χ3n) is 3.19. The van der Waals surface area contributed by atoms with Crippen LogP contribution in [0.1, 0.15) is 39.0 Å². The van der Waals surface area contributed by atoms with E-state index < -0.39 is 17.3 Å². The molecule has 1 aliphatic rings. The lowest BCUT2D eigenvalue weighted by atomic mass is 9.73. The fourth-order valence-corrected chi connectivity index (χ4v) is 2.17. The van der Waals surface area contributed by atoms with Crippen molar-refractivity contribution < 1.29 is 14.7 Å². The quantitative estimate of drug-likeness (QED) is 0.663. The van der Waals surface area contributed by atoms with E-state index >= 15 is 0 Å². The van der Waals surface area contributed by atoms with Gasteiger partial charge in [-0.1, -0.05) is 19.3 Å². The zero-order chi connectivity index (χ0) is 10.8. The number of Topliss-reactive ketones (excluding diaryl/α,β-unsaturated/α-hetero) is 1. The Morgan fingerprint density at radius 1 is 1.29 bits per heavy atom. The molecule has 0 radical (unpaired) electrons. The minimum Gasteiger partial charge on any atom is -0.480 e. The fourth-order valence-electron chi connectivity index (χ4n) is 2.17. The first-order valence-corrected chi connectivity index (χ1v) is 5.03. The van der Waals surface area contributed by atoms with E-state index in [1.54, 1.807) is 0 Å². The maximum atomic E-state index is 11.3. The van der Waals surface area contributed by atoms with Crippen LogP contribution in [-0.2, 0) is 9.59 Å². The van der Waals surface area contributed by atoms with Gasteiger partial charge in [-0.25, -0.2) is 4.79 Å². The summed E-state index contributed by atoms with van der Waals surface area (Å²) >= 11 is 0. The first-order chi connectivity index (χ1) is 6.49. The van der Waals surface area contributed by atoms with Crippen molar-refractivity contribution in [1.82, 2.24) is 0 Å². The molecule has 0 aromatic heterocycles. The molecule has 0 spiro atoms. The highest BCUT2D eigenvalue weighted by molar-refractivity contribution is 6.06. The van der Waals surface area contributed by atoms with Gasteiger partial charge >= 0.3 is 5.97 Å². The van der Waals surface area contributed by atoms with Crippen LogP contribution in [0.15, 0.2) is 0 Å². The van der Waals surface area contributed by atoms with Gasteiger partial charge in [-0.15, -0.1) is 0 Å². The van der Waals surface area contributed by atoms with Gasteiger partial charge in [0, 0.05) is 0 Å². The van der Waals surface area contributed by atoms with E-state index in [4.69, 9.17) is 10.8 Å². The van der Waals surface area contributed by atoms with Crippen molar-refractivity contribution in [1.29, 1.82) is 0 Å². The zero-order valence-corrected chi connectivity index (χ0v) is 8.45. The second-order valence-corrected chi connectivity index (χ2v) is 4.07. The van der Waals surface area contributed by atoms with Crippen LogP contribution < -0.4 is 5.73 Å². The number of ketones is 1. The Kier molecular flexibility index (Phi) is 3.26. The molecular formula is C10H17NO3. The van der Waals surface area contributed by atoms with Crippen LogP contribution in [0.25, 0.3) is 0 Å². The standard InChI is InChI=1S/C10H17NO3/c1-7(12)10(11,9(13)14)8-5-3-2-4-6-8/h8H,2-6,11H2,1H3,(H,13,14). The highest BCUT2D eigenvalue weighted by Crippen LogP contribution is 2.32. The molecule has 4 nitrogen and oxygen atoms in total. The number of nitrogens with two attached hydrogens (primary N) is 1.